The summed E-state index contributed by atoms with van der Waals surface area (Å²) in [5.41, 5.74) is 3.17. The summed E-state index contributed by atoms with van der Waals surface area (Å²) in [6.07, 6.45) is 0. The molecule has 0 aromatic heterocycles. The standard InChI is InChI=1S/C18H29N3O/c1-12(2)21(13(3)4)16-10-20(11-16)18(22)19-17-9-14(5)7-8-15(17)6/h7-9,12-13,16H,10-11H2,1-6H3,(H,19,22). The van der Waals surface area contributed by atoms with Crippen molar-refractivity contribution in [3.05, 3.63) is 29.3 Å². The van der Waals surface area contributed by atoms with Gasteiger partial charge in [0.2, 0.25) is 0 Å². The predicted molar refractivity (Wildman–Crippen MR) is 92.4 cm³/mol. The number of likely N-dealkylation sites (tertiary alicyclic amines) is 1. The molecule has 0 aliphatic carbocycles. The summed E-state index contributed by atoms with van der Waals surface area (Å²) in [5, 5.41) is 3.04. The normalized spacial score (nSPS) is 15.6. The number of aryl methyl sites for hydroxylation is 2. The van der Waals surface area contributed by atoms with E-state index in [0.29, 0.717) is 18.1 Å². The number of nitrogens with zero attached hydrogens (tertiary/aromatic N) is 2. The molecule has 0 spiro atoms. The third kappa shape index (κ3) is 3.61. The topological polar surface area (TPSA) is 35.6 Å². The molecule has 2 amide bonds. The van der Waals surface area contributed by atoms with Gasteiger partial charge in [0.15, 0.2) is 0 Å². The number of carbonyl (C=O) groups is 1. The number of hydrogen-bond donors (Lipinski definition) is 1. The molecule has 1 N–H and O–H groups in total. The summed E-state index contributed by atoms with van der Waals surface area (Å²) >= 11 is 0. The Kier molecular flexibility index (Phi) is 5.12. The lowest BCUT2D eigenvalue weighted by Gasteiger charge is -2.48. The number of carbonyl (C=O) groups excluding carboxylic acids is 1. The van der Waals surface area contributed by atoms with Gasteiger partial charge in [-0.1, -0.05) is 12.1 Å². The molecule has 1 aromatic carbocycles. The largest absolute Gasteiger partial charge is 0.321 e. The van der Waals surface area contributed by atoms with Gasteiger partial charge in [0, 0.05) is 36.9 Å². The fourth-order valence-corrected chi connectivity index (χ4v) is 3.31. The first-order valence-electron chi connectivity index (χ1n) is 8.20. The zero-order valence-electron chi connectivity index (χ0n) is 14.7. The van der Waals surface area contributed by atoms with Gasteiger partial charge in [-0.25, -0.2) is 4.79 Å². The molecular formula is C18H29N3O. The third-order valence-corrected chi connectivity index (χ3v) is 4.40. The Hall–Kier alpha value is -1.55. The molecule has 122 valence electrons. The maximum atomic E-state index is 12.4. The van der Waals surface area contributed by atoms with E-state index >= 15 is 0 Å². The number of urea groups is 1. The van der Waals surface area contributed by atoms with E-state index in [9.17, 15) is 4.79 Å². The molecule has 1 aromatic rings. The second kappa shape index (κ2) is 6.69. The van der Waals surface area contributed by atoms with Gasteiger partial charge in [-0.3, -0.25) is 4.90 Å². The molecule has 0 atom stereocenters. The van der Waals surface area contributed by atoms with Crippen molar-refractivity contribution in [3.63, 3.8) is 0 Å². The van der Waals surface area contributed by atoms with Crippen molar-refractivity contribution >= 4 is 11.7 Å². The van der Waals surface area contributed by atoms with Crippen LogP contribution in [0.5, 0.6) is 0 Å². The van der Waals surface area contributed by atoms with Gasteiger partial charge >= 0.3 is 6.03 Å². The van der Waals surface area contributed by atoms with Crippen molar-refractivity contribution in [2.24, 2.45) is 0 Å². The second-order valence-electron chi connectivity index (χ2n) is 6.94. The third-order valence-electron chi connectivity index (χ3n) is 4.40. The highest BCUT2D eigenvalue weighted by Crippen LogP contribution is 2.22. The summed E-state index contributed by atoms with van der Waals surface area (Å²) in [7, 11) is 0. The molecule has 0 bridgehead atoms. The van der Waals surface area contributed by atoms with Gasteiger partial charge in [0.1, 0.15) is 0 Å². The van der Waals surface area contributed by atoms with Crippen molar-refractivity contribution in [1.82, 2.24) is 9.80 Å². The van der Waals surface area contributed by atoms with E-state index in [-0.39, 0.29) is 6.03 Å². The first-order valence-corrected chi connectivity index (χ1v) is 8.20. The number of amides is 2. The zero-order chi connectivity index (χ0) is 16.4. The molecule has 4 heteroatoms. The van der Waals surface area contributed by atoms with Crippen LogP contribution in [0.3, 0.4) is 0 Å². The van der Waals surface area contributed by atoms with Crippen LogP contribution in [0.15, 0.2) is 18.2 Å². The molecule has 2 rings (SSSR count). The van der Waals surface area contributed by atoms with Crippen LogP contribution in [0.25, 0.3) is 0 Å². The lowest BCUT2D eigenvalue weighted by atomic mass is 10.0. The average molecular weight is 303 g/mol. The van der Waals surface area contributed by atoms with Crippen LogP contribution < -0.4 is 5.32 Å². The highest BCUT2D eigenvalue weighted by atomic mass is 16.2. The van der Waals surface area contributed by atoms with Crippen LogP contribution in [0.1, 0.15) is 38.8 Å². The molecule has 0 saturated carbocycles. The quantitative estimate of drug-likeness (QED) is 0.922. The van der Waals surface area contributed by atoms with Crippen molar-refractivity contribution in [2.75, 3.05) is 18.4 Å². The minimum Gasteiger partial charge on any atom is -0.321 e. The number of hydrogen-bond acceptors (Lipinski definition) is 2. The lowest BCUT2D eigenvalue weighted by Crippen LogP contribution is -2.64. The van der Waals surface area contributed by atoms with Crippen LogP contribution >= 0.6 is 0 Å². The summed E-state index contributed by atoms with van der Waals surface area (Å²) < 4.78 is 0. The van der Waals surface area contributed by atoms with E-state index < -0.39 is 0 Å². The molecule has 1 heterocycles. The van der Waals surface area contributed by atoms with Gasteiger partial charge < -0.3 is 10.2 Å². The fourth-order valence-electron chi connectivity index (χ4n) is 3.31. The predicted octanol–water partition coefficient (Wildman–Crippen LogP) is 3.64. The molecule has 1 aliphatic heterocycles. The molecule has 1 fully saturated rings. The monoisotopic (exact) mass is 303 g/mol. The number of benzene rings is 1. The molecule has 22 heavy (non-hydrogen) atoms. The SMILES string of the molecule is Cc1ccc(C)c(NC(=O)N2CC(N(C(C)C)C(C)C)C2)c1. The second-order valence-corrected chi connectivity index (χ2v) is 6.94. The Morgan fingerprint density at radius 3 is 2.32 bits per heavy atom. The molecule has 0 radical (unpaired) electrons. The molecule has 4 nitrogen and oxygen atoms in total. The van der Waals surface area contributed by atoms with E-state index in [4.69, 9.17) is 0 Å². The van der Waals surface area contributed by atoms with Gasteiger partial charge in [0.05, 0.1) is 0 Å². The first kappa shape index (κ1) is 16.8. The molecule has 1 aliphatic rings. The van der Waals surface area contributed by atoms with Gasteiger partial charge in [0.25, 0.3) is 0 Å². The number of anilines is 1. The van der Waals surface area contributed by atoms with Gasteiger partial charge in [-0.15, -0.1) is 0 Å². The summed E-state index contributed by atoms with van der Waals surface area (Å²) in [5.74, 6) is 0. The van der Waals surface area contributed by atoms with E-state index in [1.165, 1.54) is 0 Å². The Morgan fingerprint density at radius 2 is 1.77 bits per heavy atom. The zero-order valence-corrected chi connectivity index (χ0v) is 14.7. The minimum atomic E-state index is 0.0115. The maximum Gasteiger partial charge on any atom is 0.321 e. The summed E-state index contributed by atoms with van der Waals surface area (Å²) in [6.45, 7) is 14.6. The van der Waals surface area contributed by atoms with Gasteiger partial charge in [-0.2, -0.15) is 0 Å². The van der Waals surface area contributed by atoms with Crippen molar-refractivity contribution < 1.29 is 4.79 Å². The summed E-state index contributed by atoms with van der Waals surface area (Å²) in [4.78, 5) is 16.7. The van der Waals surface area contributed by atoms with Crippen molar-refractivity contribution in [2.45, 2.75) is 59.7 Å². The summed E-state index contributed by atoms with van der Waals surface area (Å²) in [6, 6.07) is 7.64. The Labute approximate surface area is 134 Å². The smallest absolute Gasteiger partial charge is 0.321 e. The van der Waals surface area contributed by atoms with E-state index in [1.807, 2.05) is 30.9 Å². The Balaban J connectivity index is 1.93. The van der Waals surface area contributed by atoms with E-state index in [2.05, 4.69) is 44.0 Å². The van der Waals surface area contributed by atoms with Crippen LogP contribution in [-0.4, -0.2) is 47.0 Å². The average Bonchev–Trinajstić information content (AvgIpc) is 2.36. The van der Waals surface area contributed by atoms with E-state index in [1.54, 1.807) is 0 Å². The van der Waals surface area contributed by atoms with Crippen LogP contribution in [0, 0.1) is 13.8 Å². The van der Waals surface area contributed by atoms with E-state index in [0.717, 1.165) is 29.9 Å². The van der Waals surface area contributed by atoms with Gasteiger partial charge in [-0.05, 0) is 58.7 Å². The van der Waals surface area contributed by atoms with Crippen molar-refractivity contribution in [3.8, 4) is 0 Å². The highest BCUT2D eigenvalue weighted by Gasteiger charge is 2.36. The van der Waals surface area contributed by atoms with Crippen LogP contribution in [0.2, 0.25) is 0 Å². The lowest BCUT2D eigenvalue weighted by molar-refractivity contribution is 0.0202. The fraction of sp³-hybridized carbons (Fsp3) is 0.611. The Morgan fingerprint density at radius 1 is 1.18 bits per heavy atom. The molecule has 0 unspecified atom stereocenters. The Bertz CT molecular complexity index is 525. The van der Waals surface area contributed by atoms with Crippen molar-refractivity contribution in [1.29, 1.82) is 0 Å². The first-order chi connectivity index (χ1) is 10.3. The molecular weight excluding hydrogens is 274 g/mol. The highest BCUT2D eigenvalue weighted by molar-refractivity contribution is 5.90. The van der Waals surface area contributed by atoms with Crippen LogP contribution in [-0.2, 0) is 0 Å². The molecule has 1 saturated heterocycles. The maximum absolute atomic E-state index is 12.4. The number of nitrogens with one attached hydrogen (secondary N) is 1. The number of rotatable bonds is 4. The van der Waals surface area contributed by atoms with Crippen LogP contribution in [0.4, 0.5) is 10.5 Å². The minimum absolute atomic E-state index is 0.0115.